The van der Waals surface area contributed by atoms with Gasteiger partial charge in [0.05, 0.1) is 26.3 Å². The Morgan fingerprint density at radius 1 is 0.973 bits per heavy atom. The van der Waals surface area contributed by atoms with E-state index in [1.807, 2.05) is 38.1 Å². The summed E-state index contributed by atoms with van der Waals surface area (Å²) in [5.41, 5.74) is 10.4. The first-order chi connectivity index (χ1) is 17.8. The smallest absolute Gasteiger partial charge is 0.242 e. The first-order valence-electron chi connectivity index (χ1n) is 12.4. The Morgan fingerprint density at radius 2 is 1.70 bits per heavy atom. The largest absolute Gasteiger partial charge is 0.508 e. The van der Waals surface area contributed by atoms with Crippen LogP contribution in [-0.4, -0.2) is 42.7 Å². The predicted molar refractivity (Wildman–Crippen MR) is 138 cm³/mol. The van der Waals surface area contributed by atoms with Crippen molar-refractivity contribution in [3.8, 4) is 17.2 Å². The van der Waals surface area contributed by atoms with Crippen molar-refractivity contribution in [2.75, 3.05) is 20.8 Å². The van der Waals surface area contributed by atoms with Crippen molar-refractivity contribution in [2.45, 2.75) is 38.4 Å². The summed E-state index contributed by atoms with van der Waals surface area (Å²) in [6, 6.07) is 14.6. The molecule has 5 rings (SSSR count). The van der Waals surface area contributed by atoms with Crippen molar-refractivity contribution in [1.82, 2.24) is 15.8 Å². The van der Waals surface area contributed by atoms with Crippen LogP contribution < -0.4 is 20.3 Å². The van der Waals surface area contributed by atoms with Gasteiger partial charge in [-0.15, -0.1) is 0 Å². The molecule has 0 radical (unpaired) electrons. The van der Waals surface area contributed by atoms with Crippen LogP contribution in [0.15, 0.2) is 54.6 Å². The fourth-order valence-corrected chi connectivity index (χ4v) is 5.93. The van der Waals surface area contributed by atoms with Gasteiger partial charge in [0.1, 0.15) is 17.6 Å². The summed E-state index contributed by atoms with van der Waals surface area (Å²) < 4.78 is 26.0. The van der Waals surface area contributed by atoms with Gasteiger partial charge < -0.3 is 19.5 Å². The van der Waals surface area contributed by atoms with E-state index in [4.69, 9.17) is 9.47 Å². The van der Waals surface area contributed by atoms with Crippen molar-refractivity contribution in [2.24, 2.45) is 5.92 Å². The molecular weight excluding hydrogens is 473 g/mol. The lowest BCUT2D eigenvalue weighted by Crippen LogP contribution is -2.42. The second-order valence-corrected chi connectivity index (χ2v) is 9.77. The fraction of sp³-hybridized carbons (Fsp3) is 0.345. The van der Waals surface area contributed by atoms with Gasteiger partial charge in [0.2, 0.25) is 5.91 Å². The number of hydrogen-bond donors (Lipinski definition) is 3. The molecule has 37 heavy (non-hydrogen) atoms. The Bertz CT molecular complexity index is 1310. The Labute approximate surface area is 216 Å². The number of phenolic OH excluding ortho intramolecular Hbond substituents is 1. The van der Waals surface area contributed by atoms with Gasteiger partial charge in [0.15, 0.2) is 11.5 Å². The van der Waals surface area contributed by atoms with E-state index < -0.39 is 12.1 Å². The number of aryl methyl sites for hydroxylation is 2. The number of nitrogens with zero attached hydrogens (tertiary/aromatic N) is 1. The molecule has 2 aliphatic heterocycles. The molecule has 1 amide bonds. The van der Waals surface area contributed by atoms with Gasteiger partial charge in [-0.05, 0) is 61.2 Å². The number of benzene rings is 3. The highest BCUT2D eigenvalue weighted by molar-refractivity contribution is 5.86. The van der Waals surface area contributed by atoms with Gasteiger partial charge in [-0.25, -0.2) is 15.2 Å². The second kappa shape index (κ2) is 10.0. The van der Waals surface area contributed by atoms with E-state index in [9.17, 15) is 9.90 Å². The first-order valence-corrected chi connectivity index (χ1v) is 12.4. The van der Waals surface area contributed by atoms with Crippen LogP contribution in [0, 0.1) is 25.6 Å². The van der Waals surface area contributed by atoms with E-state index in [0.29, 0.717) is 30.0 Å². The maximum absolute atomic E-state index is 15.2. The number of rotatable bonds is 7. The SMILES string of the molecule is COc1ccc(CCN2C(=O)C3NNC(c4c(C)cc(C)cc4O)C3C2c2ccccc2F)cc1OC. The standard InChI is InChI=1S/C29H32FN3O4/c1-16-13-17(2)24(21(34)14-16)26-25-27(32-31-26)29(35)33(28(25)19-7-5-6-8-20(19)30)12-11-18-9-10-22(36-3)23(15-18)37-4/h5-10,13-15,25-28,31-32,34H,11-12H2,1-4H3. The molecule has 0 aliphatic carbocycles. The molecule has 0 spiro atoms. The lowest BCUT2D eigenvalue weighted by Gasteiger charge is -2.32. The summed E-state index contributed by atoms with van der Waals surface area (Å²) in [4.78, 5) is 15.5. The van der Waals surface area contributed by atoms with E-state index >= 15 is 4.39 Å². The average molecular weight is 506 g/mol. The molecule has 0 aromatic heterocycles. The maximum Gasteiger partial charge on any atom is 0.242 e. The molecule has 8 heteroatoms. The van der Waals surface area contributed by atoms with E-state index in [-0.39, 0.29) is 29.4 Å². The number of hydrazine groups is 1. The molecule has 3 aromatic rings. The highest BCUT2D eigenvalue weighted by Gasteiger charge is 2.56. The van der Waals surface area contributed by atoms with Gasteiger partial charge >= 0.3 is 0 Å². The number of likely N-dealkylation sites (tertiary alicyclic amines) is 1. The predicted octanol–water partition coefficient (Wildman–Crippen LogP) is 4.13. The van der Waals surface area contributed by atoms with Crippen molar-refractivity contribution in [1.29, 1.82) is 0 Å². The first kappa shape index (κ1) is 25.0. The van der Waals surface area contributed by atoms with Crippen LogP contribution in [0.4, 0.5) is 4.39 Å². The van der Waals surface area contributed by atoms with Crippen LogP contribution in [-0.2, 0) is 11.2 Å². The number of fused-ring (bicyclic) bond motifs is 1. The quantitative estimate of drug-likeness (QED) is 0.448. The summed E-state index contributed by atoms with van der Waals surface area (Å²) >= 11 is 0. The minimum Gasteiger partial charge on any atom is -0.508 e. The summed E-state index contributed by atoms with van der Waals surface area (Å²) in [7, 11) is 3.17. The zero-order valence-corrected chi connectivity index (χ0v) is 21.4. The average Bonchev–Trinajstić information content (AvgIpc) is 3.41. The Hall–Kier alpha value is -3.62. The lowest BCUT2D eigenvalue weighted by molar-refractivity contribution is -0.130. The van der Waals surface area contributed by atoms with Crippen molar-refractivity contribution in [3.63, 3.8) is 0 Å². The molecule has 2 fully saturated rings. The van der Waals surface area contributed by atoms with Crippen molar-refractivity contribution >= 4 is 5.91 Å². The molecule has 2 saturated heterocycles. The number of nitrogens with one attached hydrogen (secondary N) is 2. The topological polar surface area (TPSA) is 83.1 Å². The van der Waals surface area contributed by atoms with Crippen LogP contribution in [0.5, 0.6) is 17.2 Å². The van der Waals surface area contributed by atoms with E-state index in [0.717, 1.165) is 22.3 Å². The molecule has 4 atom stereocenters. The van der Waals surface area contributed by atoms with Gasteiger partial charge in [-0.1, -0.05) is 30.3 Å². The third-order valence-electron chi connectivity index (χ3n) is 7.55. The number of carbonyl (C=O) groups is 1. The Balaban J connectivity index is 1.52. The zero-order valence-electron chi connectivity index (χ0n) is 21.4. The number of halogens is 1. The maximum atomic E-state index is 15.2. The summed E-state index contributed by atoms with van der Waals surface area (Å²) in [6.07, 6.45) is 0.559. The Kier molecular flexibility index (Phi) is 6.79. The number of carbonyl (C=O) groups excluding carboxylic acids is 1. The minimum absolute atomic E-state index is 0.0991. The molecule has 2 heterocycles. The van der Waals surface area contributed by atoms with E-state index in [2.05, 4.69) is 10.9 Å². The highest BCUT2D eigenvalue weighted by atomic mass is 19.1. The van der Waals surface area contributed by atoms with E-state index in [1.165, 1.54) is 6.07 Å². The monoisotopic (exact) mass is 505 g/mol. The van der Waals surface area contributed by atoms with E-state index in [1.54, 1.807) is 43.4 Å². The number of amides is 1. The molecule has 3 aromatic carbocycles. The van der Waals surface area contributed by atoms with Crippen LogP contribution in [0.25, 0.3) is 0 Å². The summed E-state index contributed by atoms with van der Waals surface area (Å²) in [6.45, 7) is 4.27. The molecule has 7 nitrogen and oxygen atoms in total. The third kappa shape index (κ3) is 4.40. The lowest BCUT2D eigenvalue weighted by atomic mass is 9.81. The molecule has 2 aliphatic rings. The highest BCUT2D eigenvalue weighted by Crippen LogP contribution is 2.49. The number of phenols is 1. The number of aromatic hydroxyl groups is 1. The molecule has 0 saturated carbocycles. The van der Waals surface area contributed by atoms with Gasteiger partial charge in [-0.2, -0.15) is 0 Å². The van der Waals surface area contributed by atoms with Crippen molar-refractivity contribution in [3.05, 3.63) is 88.2 Å². The second-order valence-electron chi connectivity index (χ2n) is 9.77. The van der Waals surface area contributed by atoms with Crippen LogP contribution in [0.2, 0.25) is 0 Å². The fourth-order valence-electron chi connectivity index (χ4n) is 5.93. The molecule has 4 unspecified atom stereocenters. The van der Waals surface area contributed by atoms with Crippen molar-refractivity contribution < 1.29 is 23.8 Å². The van der Waals surface area contributed by atoms with Gasteiger partial charge in [0, 0.05) is 23.6 Å². The van der Waals surface area contributed by atoms with Crippen LogP contribution in [0.3, 0.4) is 0 Å². The molecule has 194 valence electrons. The number of hydrogen-bond acceptors (Lipinski definition) is 6. The molecule has 0 bridgehead atoms. The molecule has 3 N–H and O–H groups in total. The van der Waals surface area contributed by atoms with Gasteiger partial charge in [0.25, 0.3) is 0 Å². The minimum atomic E-state index is -0.555. The molecular formula is C29H32FN3O4. The Morgan fingerprint density at radius 3 is 2.41 bits per heavy atom. The number of methoxy groups -OCH3 is 2. The van der Waals surface area contributed by atoms with Crippen LogP contribution >= 0.6 is 0 Å². The van der Waals surface area contributed by atoms with Crippen LogP contribution in [0.1, 0.15) is 39.9 Å². The number of ether oxygens (including phenoxy) is 2. The van der Waals surface area contributed by atoms with Gasteiger partial charge in [-0.3, -0.25) is 4.79 Å². The third-order valence-corrected chi connectivity index (χ3v) is 7.55. The summed E-state index contributed by atoms with van der Waals surface area (Å²) in [5.74, 6) is 0.633. The summed E-state index contributed by atoms with van der Waals surface area (Å²) in [5, 5.41) is 10.9. The zero-order chi connectivity index (χ0) is 26.3. The normalized spacial score (nSPS) is 22.8.